The Morgan fingerprint density at radius 1 is 0.500 bits per heavy atom. The summed E-state index contributed by atoms with van der Waals surface area (Å²) < 4.78 is 27.9. The summed E-state index contributed by atoms with van der Waals surface area (Å²) in [6.45, 7) is 2.15. The van der Waals surface area contributed by atoms with Crippen LogP contribution in [-0.2, 0) is 15.3 Å². The third-order valence-electron chi connectivity index (χ3n) is 10.5. The zero-order valence-corrected chi connectivity index (χ0v) is 27.0. The topological polar surface area (TPSA) is 37.4 Å². The summed E-state index contributed by atoms with van der Waals surface area (Å²) in [5, 5.41) is 0. The normalized spacial score (nSPS) is 15.2. The minimum absolute atomic E-state index is 0.377. The Morgan fingerprint density at radius 3 is 1.79 bits per heavy atom. The number of benzene rings is 7. The van der Waals surface area contributed by atoms with Gasteiger partial charge in [-0.2, -0.15) is 0 Å². The minimum Gasteiger partial charge on any atom is -0.310 e. The van der Waals surface area contributed by atoms with Gasteiger partial charge in [-0.05, 0) is 93.4 Å². The van der Waals surface area contributed by atoms with E-state index >= 15 is 0 Å². The van der Waals surface area contributed by atoms with Gasteiger partial charge in [-0.3, -0.25) is 0 Å². The van der Waals surface area contributed by atoms with Crippen molar-refractivity contribution in [3.63, 3.8) is 0 Å². The summed E-state index contributed by atoms with van der Waals surface area (Å²) in [5.41, 5.74) is 14.6. The molecular weight excluding hydrogens is 607 g/mol. The second kappa shape index (κ2) is 9.66. The van der Waals surface area contributed by atoms with E-state index in [1.807, 2.05) is 24.3 Å². The highest BCUT2D eigenvalue weighted by Crippen LogP contribution is 2.65. The van der Waals surface area contributed by atoms with Gasteiger partial charge in [-0.15, -0.1) is 0 Å². The van der Waals surface area contributed by atoms with Crippen LogP contribution in [0.25, 0.3) is 33.4 Å². The molecule has 0 radical (unpaired) electrons. The molecule has 7 aromatic rings. The van der Waals surface area contributed by atoms with E-state index in [2.05, 4.69) is 133 Å². The average molecular weight is 636 g/mol. The molecule has 4 heteroatoms. The maximum atomic E-state index is 13.9. The van der Waals surface area contributed by atoms with Crippen LogP contribution < -0.4 is 4.90 Å². The second-order valence-corrected chi connectivity index (χ2v) is 14.8. The molecule has 0 aromatic heterocycles. The maximum absolute atomic E-state index is 13.9. The SMILES string of the molecule is Cc1ccc2c(c1-c1ccc3c(c1)S(=O)(=O)c1ccccc1-3)C1(c3ccccc3-2)c2ccccc2N(c2ccccc2)c2ccccc21. The molecule has 2 aliphatic heterocycles. The van der Waals surface area contributed by atoms with E-state index < -0.39 is 15.3 Å². The molecule has 0 saturated heterocycles. The van der Waals surface area contributed by atoms with Crippen molar-refractivity contribution in [1.82, 2.24) is 0 Å². The molecular formula is C44H29NO2S. The van der Waals surface area contributed by atoms with Gasteiger partial charge in [-0.25, -0.2) is 8.42 Å². The summed E-state index contributed by atoms with van der Waals surface area (Å²) in [4.78, 5) is 3.14. The molecule has 228 valence electrons. The average Bonchev–Trinajstić information content (AvgIpc) is 3.55. The van der Waals surface area contributed by atoms with Crippen LogP contribution in [0.5, 0.6) is 0 Å². The lowest BCUT2D eigenvalue weighted by Gasteiger charge is -2.45. The summed E-state index contributed by atoms with van der Waals surface area (Å²) in [6, 6.07) is 54.7. The number of hydrogen-bond acceptors (Lipinski definition) is 3. The van der Waals surface area contributed by atoms with Crippen LogP contribution in [0.2, 0.25) is 0 Å². The lowest BCUT2D eigenvalue weighted by atomic mass is 9.63. The van der Waals surface area contributed by atoms with Gasteiger partial charge in [0.25, 0.3) is 0 Å². The second-order valence-electron chi connectivity index (χ2n) is 12.9. The van der Waals surface area contributed by atoms with E-state index in [1.54, 1.807) is 12.1 Å². The minimum atomic E-state index is -3.65. The number of para-hydroxylation sites is 3. The number of aryl methyl sites for hydroxylation is 1. The van der Waals surface area contributed by atoms with Gasteiger partial charge in [0, 0.05) is 16.8 Å². The molecule has 3 aliphatic rings. The highest BCUT2D eigenvalue weighted by atomic mass is 32.2. The fourth-order valence-electron chi connectivity index (χ4n) is 8.70. The Bertz CT molecular complexity index is 2560. The number of anilines is 3. The molecule has 0 atom stereocenters. The summed E-state index contributed by atoms with van der Waals surface area (Å²) in [6.07, 6.45) is 0. The van der Waals surface area contributed by atoms with Crippen molar-refractivity contribution in [3.8, 4) is 33.4 Å². The Hall–Kier alpha value is -5.71. The molecule has 1 spiro atoms. The predicted octanol–water partition coefficient (Wildman–Crippen LogP) is 10.6. The molecule has 48 heavy (non-hydrogen) atoms. The third-order valence-corrected chi connectivity index (χ3v) is 12.4. The predicted molar refractivity (Wildman–Crippen MR) is 193 cm³/mol. The van der Waals surface area contributed by atoms with Crippen LogP contribution in [0.3, 0.4) is 0 Å². The van der Waals surface area contributed by atoms with Crippen molar-refractivity contribution >= 4 is 26.9 Å². The summed E-state index contributed by atoms with van der Waals surface area (Å²) in [5.74, 6) is 0. The van der Waals surface area contributed by atoms with Gasteiger partial charge in [0.15, 0.2) is 0 Å². The maximum Gasteiger partial charge on any atom is 0.207 e. The van der Waals surface area contributed by atoms with Crippen LogP contribution in [0.1, 0.15) is 27.8 Å². The zero-order valence-electron chi connectivity index (χ0n) is 26.2. The van der Waals surface area contributed by atoms with E-state index in [4.69, 9.17) is 0 Å². The van der Waals surface area contributed by atoms with Crippen LogP contribution in [0, 0.1) is 6.92 Å². The van der Waals surface area contributed by atoms with Gasteiger partial charge in [-0.1, -0.05) is 121 Å². The first-order valence-corrected chi connectivity index (χ1v) is 17.8. The smallest absolute Gasteiger partial charge is 0.207 e. The first-order valence-electron chi connectivity index (χ1n) is 16.3. The first kappa shape index (κ1) is 27.4. The van der Waals surface area contributed by atoms with Crippen molar-refractivity contribution in [3.05, 3.63) is 186 Å². The molecule has 0 N–H and O–H groups in total. The molecule has 0 amide bonds. The number of sulfone groups is 1. The van der Waals surface area contributed by atoms with Crippen molar-refractivity contribution in [1.29, 1.82) is 0 Å². The first-order chi connectivity index (χ1) is 23.5. The van der Waals surface area contributed by atoms with Gasteiger partial charge < -0.3 is 4.90 Å². The van der Waals surface area contributed by atoms with Crippen molar-refractivity contribution in [2.45, 2.75) is 22.1 Å². The van der Waals surface area contributed by atoms with E-state index in [0.29, 0.717) is 9.79 Å². The van der Waals surface area contributed by atoms with E-state index in [-0.39, 0.29) is 0 Å². The standard InChI is InChI=1S/C44H29NO2S/c1-28-23-25-34-31-15-5-7-17-35(31)44(43(34)42(28)29-24-26-33-32-16-6-12-22-40(32)48(46,47)41(33)27-29)36-18-8-10-20-38(36)45(30-13-3-2-4-14-30)39-21-11-9-19-37(39)44/h2-27H,1H3. The van der Waals surface area contributed by atoms with E-state index in [0.717, 1.165) is 44.9 Å². The largest absolute Gasteiger partial charge is 0.310 e. The van der Waals surface area contributed by atoms with Gasteiger partial charge in [0.1, 0.15) is 0 Å². The molecule has 0 saturated carbocycles. The molecule has 2 heterocycles. The van der Waals surface area contributed by atoms with Gasteiger partial charge in [0.05, 0.1) is 26.6 Å². The molecule has 3 nitrogen and oxygen atoms in total. The Morgan fingerprint density at radius 2 is 1.06 bits per heavy atom. The molecule has 10 rings (SSSR count). The number of rotatable bonds is 2. The van der Waals surface area contributed by atoms with Crippen molar-refractivity contribution < 1.29 is 8.42 Å². The zero-order chi connectivity index (χ0) is 32.2. The molecule has 1 aliphatic carbocycles. The fraction of sp³-hybridized carbons (Fsp3) is 0.0455. The third kappa shape index (κ3) is 3.35. The lowest BCUT2D eigenvalue weighted by molar-refractivity contribution is 0.598. The van der Waals surface area contributed by atoms with E-state index in [1.165, 1.54) is 33.4 Å². The number of fused-ring (bicyclic) bond motifs is 12. The number of nitrogens with zero attached hydrogens (tertiary/aromatic N) is 1. The van der Waals surface area contributed by atoms with Gasteiger partial charge >= 0.3 is 0 Å². The summed E-state index contributed by atoms with van der Waals surface area (Å²) >= 11 is 0. The molecule has 0 fully saturated rings. The Kier molecular flexibility index (Phi) is 5.52. The van der Waals surface area contributed by atoms with Crippen molar-refractivity contribution in [2.75, 3.05) is 4.90 Å². The monoisotopic (exact) mass is 635 g/mol. The van der Waals surface area contributed by atoms with Crippen LogP contribution in [0.15, 0.2) is 168 Å². The van der Waals surface area contributed by atoms with Crippen molar-refractivity contribution in [2.24, 2.45) is 0 Å². The highest BCUT2D eigenvalue weighted by molar-refractivity contribution is 7.92. The number of hydrogen-bond donors (Lipinski definition) is 0. The Balaban J connectivity index is 1.33. The Labute approximate surface area is 280 Å². The molecule has 0 bridgehead atoms. The highest BCUT2D eigenvalue weighted by Gasteiger charge is 2.53. The molecule has 7 aromatic carbocycles. The van der Waals surface area contributed by atoms with Gasteiger partial charge in [0.2, 0.25) is 9.84 Å². The fourth-order valence-corrected chi connectivity index (χ4v) is 10.4. The lowest BCUT2D eigenvalue weighted by Crippen LogP contribution is -2.36. The van der Waals surface area contributed by atoms with E-state index in [9.17, 15) is 8.42 Å². The quantitative estimate of drug-likeness (QED) is 0.190. The van der Waals surface area contributed by atoms with Crippen LogP contribution in [-0.4, -0.2) is 8.42 Å². The van der Waals surface area contributed by atoms with Crippen LogP contribution >= 0.6 is 0 Å². The summed E-state index contributed by atoms with van der Waals surface area (Å²) in [7, 11) is -3.65. The molecule has 0 unspecified atom stereocenters. The van der Waals surface area contributed by atoms with Crippen LogP contribution in [0.4, 0.5) is 17.1 Å².